The van der Waals surface area contributed by atoms with Crippen molar-refractivity contribution in [2.45, 2.75) is 6.04 Å². The van der Waals surface area contributed by atoms with Gasteiger partial charge in [0.25, 0.3) is 5.91 Å². The first kappa shape index (κ1) is 15.7. The summed E-state index contributed by atoms with van der Waals surface area (Å²) in [7, 11) is 1.18. The van der Waals surface area contributed by atoms with E-state index < -0.39 is 29.6 Å². The topological polar surface area (TPSA) is 55.8 Å². The van der Waals surface area contributed by atoms with Crippen molar-refractivity contribution in [2.75, 3.05) is 26.9 Å². The Balaban J connectivity index is 2.33. The Bertz CT molecular complexity index is 582. The molecule has 0 aliphatic carbocycles. The van der Waals surface area contributed by atoms with Gasteiger partial charge < -0.3 is 14.4 Å². The minimum absolute atomic E-state index is 0.0281. The number of nitrogens with zero attached hydrogens (tertiary/aromatic N) is 1. The molecule has 114 valence electrons. The number of amides is 1. The summed E-state index contributed by atoms with van der Waals surface area (Å²) in [6, 6.07) is 0.488. The van der Waals surface area contributed by atoms with Gasteiger partial charge in [-0.3, -0.25) is 4.79 Å². The normalized spacial score (nSPS) is 18.5. The van der Waals surface area contributed by atoms with Gasteiger partial charge >= 0.3 is 5.97 Å². The molecule has 5 nitrogen and oxygen atoms in total. The highest BCUT2D eigenvalue weighted by Crippen LogP contribution is 2.23. The number of halogens is 3. The highest BCUT2D eigenvalue weighted by molar-refractivity contribution is 6.33. The van der Waals surface area contributed by atoms with E-state index in [2.05, 4.69) is 4.74 Å². The molecule has 0 aromatic heterocycles. The number of hydrogen-bond donors (Lipinski definition) is 0. The van der Waals surface area contributed by atoms with Gasteiger partial charge in [-0.05, 0) is 12.1 Å². The molecule has 1 aromatic carbocycles. The molecule has 1 unspecified atom stereocenters. The number of morpholine rings is 1. The lowest BCUT2D eigenvalue weighted by atomic mass is 10.1. The predicted octanol–water partition coefficient (Wildman–Crippen LogP) is 1.63. The van der Waals surface area contributed by atoms with E-state index in [0.717, 1.165) is 6.07 Å². The molecule has 1 aliphatic heterocycles. The van der Waals surface area contributed by atoms with Crippen molar-refractivity contribution in [1.82, 2.24) is 4.90 Å². The molecular formula is C13H12ClF2NO4. The van der Waals surface area contributed by atoms with Gasteiger partial charge in [-0.2, -0.15) is 0 Å². The molecule has 0 bridgehead atoms. The molecule has 21 heavy (non-hydrogen) atoms. The van der Waals surface area contributed by atoms with Crippen molar-refractivity contribution in [2.24, 2.45) is 0 Å². The van der Waals surface area contributed by atoms with Crippen LogP contribution in [0.1, 0.15) is 10.4 Å². The van der Waals surface area contributed by atoms with Crippen molar-refractivity contribution in [3.05, 3.63) is 34.4 Å². The van der Waals surface area contributed by atoms with Crippen LogP contribution in [0.2, 0.25) is 5.02 Å². The van der Waals surface area contributed by atoms with Gasteiger partial charge in [-0.25, -0.2) is 13.6 Å². The standard InChI is InChI=1S/C13H12ClF2NO4/c1-20-13(19)11-6-21-3-2-17(11)12(18)7-4-9(15)10(16)5-8(7)14/h4-5,11H,2-3,6H2,1H3. The fraction of sp³-hybridized carbons (Fsp3) is 0.385. The van der Waals surface area contributed by atoms with Gasteiger partial charge in [0.15, 0.2) is 17.7 Å². The SMILES string of the molecule is COC(=O)C1COCCN1C(=O)c1cc(F)c(F)cc1Cl. The second-order valence-electron chi connectivity index (χ2n) is 4.36. The Morgan fingerprint density at radius 1 is 1.38 bits per heavy atom. The Morgan fingerprint density at radius 2 is 2.05 bits per heavy atom. The van der Waals surface area contributed by atoms with Crippen LogP contribution < -0.4 is 0 Å². The van der Waals surface area contributed by atoms with Gasteiger partial charge in [-0.1, -0.05) is 11.6 Å². The second-order valence-corrected chi connectivity index (χ2v) is 4.77. The molecule has 1 aliphatic rings. The molecule has 8 heteroatoms. The maximum Gasteiger partial charge on any atom is 0.331 e. The highest BCUT2D eigenvalue weighted by Gasteiger charge is 2.35. The van der Waals surface area contributed by atoms with Crippen LogP contribution in [0.3, 0.4) is 0 Å². The summed E-state index contributed by atoms with van der Waals surface area (Å²) in [5.74, 6) is -3.67. The van der Waals surface area contributed by atoms with Crippen LogP contribution in [0.25, 0.3) is 0 Å². The van der Waals surface area contributed by atoms with Crippen LogP contribution in [-0.2, 0) is 14.3 Å². The first-order chi connectivity index (χ1) is 9.95. The molecule has 0 spiro atoms. The number of benzene rings is 1. The maximum absolute atomic E-state index is 13.3. The average Bonchev–Trinajstić information content (AvgIpc) is 2.49. The fourth-order valence-corrected chi connectivity index (χ4v) is 2.25. The number of carbonyl (C=O) groups excluding carboxylic acids is 2. The number of rotatable bonds is 2. The summed E-state index contributed by atoms with van der Waals surface area (Å²) in [4.78, 5) is 25.2. The predicted molar refractivity (Wildman–Crippen MR) is 69.0 cm³/mol. The Hall–Kier alpha value is -1.73. The van der Waals surface area contributed by atoms with Crippen molar-refractivity contribution in [3.63, 3.8) is 0 Å². The summed E-state index contributed by atoms with van der Waals surface area (Å²) < 4.78 is 36.1. The van der Waals surface area contributed by atoms with E-state index in [0.29, 0.717) is 6.07 Å². The first-order valence-corrected chi connectivity index (χ1v) is 6.44. The van der Waals surface area contributed by atoms with E-state index >= 15 is 0 Å². The summed E-state index contributed by atoms with van der Waals surface area (Å²) in [5, 5.41) is -0.228. The van der Waals surface area contributed by atoms with Crippen molar-refractivity contribution < 1.29 is 27.8 Å². The Labute approximate surface area is 124 Å². The first-order valence-electron chi connectivity index (χ1n) is 6.06. The third-order valence-corrected chi connectivity index (χ3v) is 3.42. The van der Waals surface area contributed by atoms with Gasteiger partial charge in [0.1, 0.15) is 0 Å². The maximum atomic E-state index is 13.3. The Kier molecular flexibility index (Phi) is 4.74. The molecule has 1 heterocycles. The molecule has 1 fully saturated rings. The monoisotopic (exact) mass is 319 g/mol. The van der Waals surface area contributed by atoms with E-state index in [1.165, 1.54) is 12.0 Å². The van der Waals surface area contributed by atoms with E-state index in [1.54, 1.807) is 0 Å². The lowest BCUT2D eigenvalue weighted by Gasteiger charge is -2.33. The van der Waals surface area contributed by atoms with Crippen LogP contribution in [0.4, 0.5) is 8.78 Å². The third-order valence-electron chi connectivity index (χ3n) is 3.10. The summed E-state index contributed by atoms with van der Waals surface area (Å²) in [5.41, 5.74) is -0.216. The lowest BCUT2D eigenvalue weighted by molar-refractivity contribution is -0.151. The smallest absolute Gasteiger partial charge is 0.331 e. The molecule has 1 aromatic rings. The number of carbonyl (C=O) groups is 2. The molecule has 2 rings (SSSR count). The number of methoxy groups -OCH3 is 1. The zero-order chi connectivity index (χ0) is 15.6. The number of hydrogen-bond acceptors (Lipinski definition) is 4. The van der Waals surface area contributed by atoms with Crippen LogP contribution in [0.15, 0.2) is 12.1 Å². The van der Waals surface area contributed by atoms with Gasteiger partial charge in [-0.15, -0.1) is 0 Å². The van der Waals surface area contributed by atoms with Crippen LogP contribution in [-0.4, -0.2) is 49.7 Å². The zero-order valence-electron chi connectivity index (χ0n) is 11.1. The van der Waals surface area contributed by atoms with Crippen LogP contribution in [0, 0.1) is 11.6 Å². The number of ether oxygens (including phenoxy) is 2. The number of esters is 1. The third kappa shape index (κ3) is 3.14. The lowest BCUT2D eigenvalue weighted by Crippen LogP contribution is -2.53. The van der Waals surface area contributed by atoms with Crippen LogP contribution in [0.5, 0.6) is 0 Å². The van der Waals surface area contributed by atoms with E-state index in [1.807, 2.05) is 0 Å². The van der Waals surface area contributed by atoms with Crippen molar-refractivity contribution in [3.8, 4) is 0 Å². The second kappa shape index (κ2) is 6.36. The van der Waals surface area contributed by atoms with Crippen molar-refractivity contribution in [1.29, 1.82) is 0 Å². The minimum atomic E-state index is -1.19. The van der Waals surface area contributed by atoms with E-state index in [9.17, 15) is 18.4 Å². The summed E-state index contributed by atoms with van der Waals surface area (Å²) in [6.45, 7) is 0.314. The van der Waals surface area contributed by atoms with Gasteiger partial charge in [0.05, 0.1) is 30.9 Å². The molecule has 0 saturated carbocycles. The molecule has 1 saturated heterocycles. The Morgan fingerprint density at radius 3 is 2.71 bits per heavy atom. The molecular weight excluding hydrogens is 308 g/mol. The zero-order valence-corrected chi connectivity index (χ0v) is 11.8. The quantitative estimate of drug-likeness (QED) is 0.614. The van der Waals surface area contributed by atoms with E-state index in [-0.39, 0.29) is 30.3 Å². The summed E-state index contributed by atoms with van der Waals surface area (Å²) in [6.07, 6.45) is 0. The molecule has 0 radical (unpaired) electrons. The largest absolute Gasteiger partial charge is 0.467 e. The van der Waals surface area contributed by atoms with Gasteiger partial charge in [0, 0.05) is 6.54 Å². The minimum Gasteiger partial charge on any atom is -0.467 e. The molecule has 0 N–H and O–H groups in total. The van der Waals surface area contributed by atoms with Crippen LogP contribution >= 0.6 is 11.6 Å². The molecule has 1 amide bonds. The fourth-order valence-electron chi connectivity index (χ4n) is 2.02. The summed E-state index contributed by atoms with van der Waals surface area (Å²) >= 11 is 5.78. The van der Waals surface area contributed by atoms with Crippen molar-refractivity contribution >= 4 is 23.5 Å². The average molecular weight is 320 g/mol. The highest BCUT2D eigenvalue weighted by atomic mass is 35.5. The van der Waals surface area contributed by atoms with E-state index in [4.69, 9.17) is 16.3 Å². The molecule has 1 atom stereocenters. The van der Waals surface area contributed by atoms with Gasteiger partial charge in [0.2, 0.25) is 0 Å².